The van der Waals surface area contributed by atoms with E-state index in [0.717, 1.165) is 29.8 Å². The molecule has 1 spiro atoms. The summed E-state index contributed by atoms with van der Waals surface area (Å²) in [5, 5.41) is 13.6. The van der Waals surface area contributed by atoms with Gasteiger partial charge in [-0.05, 0) is 24.5 Å². The van der Waals surface area contributed by atoms with Gasteiger partial charge in [-0.15, -0.1) is 6.58 Å². The molecule has 3 aliphatic heterocycles. The molecule has 29 heavy (non-hydrogen) atoms. The number of imide groups is 2. The van der Waals surface area contributed by atoms with Crippen LogP contribution in [0, 0.1) is 15.5 Å². The first kappa shape index (κ1) is 19.1. The zero-order valence-corrected chi connectivity index (χ0v) is 15.9. The molecule has 0 unspecified atom stereocenters. The fraction of sp³-hybridized carbons (Fsp3) is 0.450. The van der Waals surface area contributed by atoms with E-state index in [0.29, 0.717) is 18.5 Å². The summed E-state index contributed by atoms with van der Waals surface area (Å²) < 4.78 is 0. The Labute approximate surface area is 167 Å². The molecule has 2 saturated heterocycles. The minimum atomic E-state index is -1.50. The van der Waals surface area contributed by atoms with E-state index >= 15 is 0 Å². The molecule has 1 aromatic carbocycles. The number of nitrogens with one attached hydrogen (secondary N) is 1. The molecular weight excluding hydrogens is 376 g/mol. The summed E-state index contributed by atoms with van der Waals surface area (Å²) in [5.74, 6) is -1.18. The van der Waals surface area contributed by atoms with Crippen LogP contribution in [0.2, 0.25) is 0 Å². The molecule has 2 atom stereocenters. The number of fused-ring (bicyclic) bond motifs is 4. The minimum absolute atomic E-state index is 0.00574. The summed E-state index contributed by atoms with van der Waals surface area (Å²) in [6.45, 7) is 4.24. The normalized spacial score (nSPS) is 26.5. The molecule has 0 aromatic heterocycles. The Balaban J connectivity index is 1.89. The molecular formula is C20H22N4O5. The number of carbonyl (C=O) groups excluding carboxylic acids is 3. The van der Waals surface area contributed by atoms with Gasteiger partial charge in [0.2, 0.25) is 11.8 Å². The Morgan fingerprint density at radius 3 is 2.79 bits per heavy atom. The summed E-state index contributed by atoms with van der Waals surface area (Å²) in [4.78, 5) is 52.8. The highest BCUT2D eigenvalue weighted by molar-refractivity contribution is 6.20. The molecule has 0 radical (unpaired) electrons. The van der Waals surface area contributed by atoms with E-state index in [2.05, 4.69) is 11.9 Å². The van der Waals surface area contributed by atoms with Crippen LogP contribution in [0.1, 0.15) is 31.2 Å². The van der Waals surface area contributed by atoms with Crippen LogP contribution in [0.4, 0.5) is 16.2 Å². The molecule has 152 valence electrons. The standard InChI is InChI=1S/C20H22N4O5/c1-2-9-23-18(26)20(17(25)21-19(23)27)12-13-11-14(24(28)29)7-8-15(13)22-10-5-3-4-6-16(20)22/h2,7-8,11,16H,1,3-6,9-10,12H2,(H,21,25,27)/t16-,20-/m0/s1. The molecule has 3 aliphatic rings. The van der Waals surface area contributed by atoms with E-state index < -0.39 is 34.2 Å². The topological polar surface area (TPSA) is 113 Å². The number of benzene rings is 1. The first-order valence-corrected chi connectivity index (χ1v) is 9.72. The first-order chi connectivity index (χ1) is 13.9. The Bertz CT molecular complexity index is 929. The van der Waals surface area contributed by atoms with Crippen molar-refractivity contribution in [2.75, 3.05) is 18.0 Å². The second-order valence-corrected chi connectivity index (χ2v) is 7.74. The third-order valence-electron chi connectivity index (χ3n) is 6.18. The maximum atomic E-state index is 13.5. The van der Waals surface area contributed by atoms with Crippen LogP contribution >= 0.6 is 0 Å². The molecule has 1 aromatic rings. The van der Waals surface area contributed by atoms with Crippen molar-refractivity contribution < 1.29 is 19.3 Å². The predicted octanol–water partition coefficient (Wildman–Crippen LogP) is 2.15. The minimum Gasteiger partial charge on any atom is -0.367 e. The van der Waals surface area contributed by atoms with E-state index in [1.165, 1.54) is 18.2 Å². The van der Waals surface area contributed by atoms with Crippen LogP contribution in [0.15, 0.2) is 30.9 Å². The molecule has 0 bridgehead atoms. The molecule has 4 amide bonds. The van der Waals surface area contributed by atoms with Gasteiger partial charge in [0, 0.05) is 37.3 Å². The lowest BCUT2D eigenvalue weighted by Gasteiger charge is -2.51. The summed E-state index contributed by atoms with van der Waals surface area (Å²) >= 11 is 0. The largest absolute Gasteiger partial charge is 0.367 e. The average Bonchev–Trinajstić information content (AvgIpc) is 2.95. The monoisotopic (exact) mass is 398 g/mol. The maximum absolute atomic E-state index is 13.5. The van der Waals surface area contributed by atoms with E-state index in [4.69, 9.17) is 0 Å². The molecule has 4 rings (SSSR count). The number of hydrogen-bond acceptors (Lipinski definition) is 6. The second kappa shape index (κ2) is 6.98. The van der Waals surface area contributed by atoms with Crippen LogP contribution in [0.3, 0.4) is 0 Å². The number of non-ortho nitro benzene ring substituents is 1. The molecule has 3 heterocycles. The van der Waals surface area contributed by atoms with Crippen molar-refractivity contribution in [3.05, 3.63) is 46.5 Å². The molecule has 0 saturated carbocycles. The smallest absolute Gasteiger partial charge is 0.331 e. The van der Waals surface area contributed by atoms with E-state index in [1.807, 2.05) is 4.90 Å². The van der Waals surface area contributed by atoms with E-state index in [1.54, 1.807) is 6.07 Å². The van der Waals surface area contributed by atoms with Gasteiger partial charge in [-0.1, -0.05) is 18.9 Å². The number of hydrogen-bond donors (Lipinski definition) is 1. The van der Waals surface area contributed by atoms with Gasteiger partial charge in [0.05, 0.1) is 11.0 Å². The summed E-state index contributed by atoms with van der Waals surface area (Å²) in [6.07, 6.45) is 4.82. The summed E-state index contributed by atoms with van der Waals surface area (Å²) in [6, 6.07) is 3.43. The van der Waals surface area contributed by atoms with Crippen LogP contribution in [-0.2, 0) is 16.0 Å². The van der Waals surface area contributed by atoms with Crippen molar-refractivity contribution in [2.45, 2.75) is 38.1 Å². The quantitative estimate of drug-likeness (QED) is 0.361. The Kier molecular flexibility index (Phi) is 4.60. The number of nitrogens with zero attached hydrogens (tertiary/aromatic N) is 3. The number of rotatable bonds is 3. The van der Waals surface area contributed by atoms with Crippen LogP contribution < -0.4 is 10.2 Å². The van der Waals surface area contributed by atoms with Gasteiger partial charge in [-0.3, -0.25) is 29.9 Å². The maximum Gasteiger partial charge on any atom is 0.331 e. The highest BCUT2D eigenvalue weighted by atomic mass is 16.6. The number of carbonyl (C=O) groups is 3. The highest BCUT2D eigenvalue weighted by Gasteiger charge is 2.61. The summed E-state index contributed by atoms with van der Waals surface area (Å²) in [7, 11) is 0. The molecule has 9 heteroatoms. The Morgan fingerprint density at radius 1 is 1.28 bits per heavy atom. The van der Waals surface area contributed by atoms with Crippen molar-refractivity contribution in [3.63, 3.8) is 0 Å². The molecule has 2 fully saturated rings. The van der Waals surface area contributed by atoms with Gasteiger partial charge in [-0.2, -0.15) is 0 Å². The van der Waals surface area contributed by atoms with Crippen molar-refractivity contribution in [1.82, 2.24) is 10.2 Å². The van der Waals surface area contributed by atoms with Gasteiger partial charge < -0.3 is 4.90 Å². The molecule has 9 nitrogen and oxygen atoms in total. The zero-order chi connectivity index (χ0) is 20.8. The lowest BCUT2D eigenvalue weighted by Crippen LogP contribution is -2.72. The number of urea groups is 1. The number of nitro groups is 1. The van der Waals surface area contributed by atoms with Crippen LogP contribution in [-0.4, -0.2) is 46.8 Å². The van der Waals surface area contributed by atoms with Gasteiger partial charge in [0.25, 0.3) is 5.69 Å². The molecule has 1 N–H and O–H groups in total. The predicted molar refractivity (Wildman–Crippen MR) is 104 cm³/mol. The van der Waals surface area contributed by atoms with Crippen LogP contribution in [0.5, 0.6) is 0 Å². The SMILES string of the molecule is C=CCN1C(=O)NC(=O)[C@@]2(Cc3cc([N+](=O)[O-])ccc3N3CCCCC[C@H]32)C1=O. The van der Waals surface area contributed by atoms with Gasteiger partial charge >= 0.3 is 6.03 Å². The van der Waals surface area contributed by atoms with Crippen molar-refractivity contribution in [2.24, 2.45) is 5.41 Å². The lowest BCUT2D eigenvalue weighted by molar-refractivity contribution is -0.384. The van der Waals surface area contributed by atoms with E-state index in [9.17, 15) is 24.5 Å². The third kappa shape index (κ3) is 2.80. The first-order valence-electron chi connectivity index (χ1n) is 9.72. The number of amides is 4. The summed E-state index contributed by atoms with van der Waals surface area (Å²) in [5.41, 5.74) is -0.187. The number of barbiturate groups is 1. The third-order valence-corrected chi connectivity index (χ3v) is 6.18. The Hall–Kier alpha value is -3.23. The zero-order valence-electron chi connectivity index (χ0n) is 15.9. The van der Waals surface area contributed by atoms with Gasteiger partial charge in [-0.25, -0.2) is 4.79 Å². The average molecular weight is 398 g/mol. The van der Waals surface area contributed by atoms with Crippen molar-refractivity contribution in [3.8, 4) is 0 Å². The van der Waals surface area contributed by atoms with Gasteiger partial charge in [0.15, 0.2) is 5.41 Å². The van der Waals surface area contributed by atoms with Crippen molar-refractivity contribution >= 4 is 29.2 Å². The fourth-order valence-electron chi connectivity index (χ4n) is 4.89. The second-order valence-electron chi connectivity index (χ2n) is 7.74. The van der Waals surface area contributed by atoms with E-state index in [-0.39, 0.29) is 18.7 Å². The number of anilines is 1. The highest BCUT2D eigenvalue weighted by Crippen LogP contribution is 2.47. The van der Waals surface area contributed by atoms with Crippen molar-refractivity contribution in [1.29, 1.82) is 0 Å². The molecule has 0 aliphatic carbocycles. The lowest BCUT2D eigenvalue weighted by atomic mass is 9.67. The van der Waals surface area contributed by atoms with Gasteiger partial charge in [0.1, 0.15) is 0 Å². The fourth-order valence-corrected chi connectivity index (χ4v) is 4.89. The number of nitro benzene ring substituents is 1. The Morgan fingerprint density at radius 2 is 2.07 bits per heavy atom. The van der Waals surface area contributed by atoms with Crippen LogP contribution in [0.25, 0.3) is 0 Å².